The summed E-state index contributed by atoms with van der Waals surface area (Å²) in [5, 5.41) is 0. The van der Waals surface area contributed by atoms with Gasteiger partial charge in [0.05, 0.1) is 0 Å². The van der Waals surface area contributed by atoms with Crippen LogP contribution >= 0.6 is 0 Å². The first-order chi connectivity index (χ1) is 8.45. The normalized spacial score (nSPS) is 13.4. The lowest BCUT2D eigenvalue weighted by Gasteiger charge is -2.13. The van der Waals surface area contributed by atoms with E-state index in [1.54, 1.807) is 6.08 Å². The maximum Gasteiger partial charge on any atom is 0.0331 e. The number of hydrogen-bond donors (Lipinski definition) is 2. The molecule has 0 aliphatic rings. The Labute approximate surface area is 112 Å². The van der Waals surface area contributed by atoms with Gasteiger partial charge in [-0.05, 0) is 46.4 Å². The van der Waals surface area contributed by atoms with Crippen molar-refractivity contribution in [1.82, 2.24) is 4.90 Å². The molecule has 0 aromatic rings. The fourth-order valence-corrected chi connectivity index (χ4v) is 1.37. The average Bonchev–Trinajstić information content (AvgIpc) is 2.26. The summed E-state index contributed by atoms with van der Waals surface area (Å²) in [5.74, 6) is 0. The van der Waals surface area contributed by atoms with Crippen LogP contribution < -0.4 is 11.5 Å². The monoisotopic (exact) mass is 249 g/mol. The Bertz CT molecular complexity index is 345. The van der Waals surface area contributed by atoms with E-state index in [9.17, 15) is 0 Å². The fourth-order valence-electron chi connectivity index (χ4n) is 1.37. The standard InChI is InChI=1S/C15H27N3/c1-5-7-14(16)12-15(17)8-6-10-18(4)11-9-13(2)3/h5,7-9,12H,6,10-11,16-17H2,1-4H3/b7-5-,14-12+,15-8+. The molecule has 3 nitrogen and oxygen atoms in total. The molecule has 0 saturated carbocycles. The van der Waals surface area contributed by atoms with E-state index in [0.29, 0.717) is 5.70 Å². The molecule has 0 aromatic heterocycles. The molecule has 0 bridgehead atoms. The summed E-state index contributed by atoms with van der Waals surface area (Å²) in [4.78, 5) is 2.26. The molecular weight excluding hydrogens is 222 g/mol. The van der Waals surface area contributed by atoms with E-state index in [-0.39, 0.29) is 0 Å². The molecule has 0 aromatic carbocycles. The van der Waals surface area contributed by atoms with Crippen molar-refractivity contribution in [2.75, 3.05) is 20.1 Å². The van der Waals surface area contributed by atoms with Crippen LogP contribution in [0.4, 0.5) is 0 Å². The van der Waals surface area contributed by atoms with Crippen molar-refractivity contribution in [2.45, 2.75) is 27.2 Å². The molecule has 0 aliphatic heterocycles. The van der Waals surface area contributed by atoms with Crippen LogP contribution in [0.5, 0.6) is 0 Å². The molecule has 0 heterocycles. The van der Waals surface area contributed by atoms with E-state index in [1.807, 2.05) is 25.2 Å². The second-order valence-electron chi connectivity index (χ2n) is 4.68. The maximum atomic E-state index is 5.85. The number of hydrogen-bond acceptors (Lipinski definition) is 3. The molecule has 0 spiro atoms. The molecule has 0 rings (SSSR count). The van der Waals surface area contributed by atoms with E-state index < -0.39 is 0 Å². The highest BCUT2D eigenvalue weighted by Crippen LogP contribution is 1.98. The zero-order chi connectivity index (χ0) is 14.0. The third-order valence-corrected chi connectivity index (χ3v) is 2.39. The first kappa shape index (κ1) is 16.5. The Morgan fingerprint density at radius 1 is 1.11 bits per heavy atom. The SMILES string of the molecule is C\C=C/C(N)=C\C(N)=C/CCN(C)CC=C(C)C. The van der Waals surface area contributed by atoms with Gasteiger partial charge in [-0.3, -0.25) is 0 Å². The van der Waals surface area contributed by atoms with Crippen molar-refractivity contribution in [3.05, 3.63) is 47.3 Å². The first-order valence-electron chi connectivity index (χ1n) is 6.33. The zero-order valence-electron chi connectivity index (χ0n) is 12.1. The summed E-state index contributed by atoms with van der Waals surface area (Å²) in [6.45, 7) is 8.12. The van der Waals surface area contributed by atoms with Crippen molar-refractivity contribution in [3.63, 3.8) is 0 Å². The van der Waals surface area contributed by atoms with Gasteiger partial charge in [-0.1, -0.05) is 23.8 Å². The van der Waals surface area contributed by atoms with Crippen LogP contribution in [0.25, 0.3) is 0 Å². The van der Waals surface area contributed by atoms with Crippen LogP contribution in [0, 0.1) is 0 Å². The number of nitrogens with two attached hydrogens (primary N) is 2. The molecule has 4 N–H and O–H groups in total. The average molecular weight is 249 g/mol. The van der Waals surface area contributed by atoms with Crippen molar-refractivity contribution in [2.24, 2.45) is 11.5 Å². The van der Waals surface area contributed by atoms with Crippen LogP contribution in [-0.2, 0) is 0 Å². The Hall–Kier alpha value is -1.48. The highest BCUT2D eigenvalue weighted by molar-refractivity contribution is 5.25. The highest BCUT2D eigenvalue weighted by atomic mass is 15.1. The molecule has 0 saturated heterocycles. The minimum Gasteiger partial charge on any atom is -0.399 e. The van der Waals surface area contributed by atoms with Crippen molar-refractivity contribution < 1.29 is 0 Å². The van der Waals surface area contributed by atoms with Crippen molar-refractivity contribution >= 4 is 0 Å². The van der Waals surface area contributed by atoms with E-state index in [4.69, 9.17) is 11.5 Å². The van der Waals surface area contributed by atoms with Crippen LogP contribution in [0.3, 0.4) is 0 Å². The van der Waals surface area contributed by atoms with Crippen LogP contribution in [0.2, 0.25) is 0 Å². The Morgan fingerprint density at radius 2 is 1.78 bits per heavy atom. The number of allylic oxidation sites excluding steroid dienone is 4. The van der Waals surface area contributed by atoms with Gasteiger partial charge >= 0.3 is 0 Å². The van der Waals surface area contributed by atoms with Gasteiger partial charge in [0, 0.05) is 24.5 Å². The van der Waals surface area contributed by atoms with E-state index >= 15 is 0 Å². The Morgan fingerprint density at radius 3 is 2.33 bits per heavy atom. The van der Waals surface area contributed by atoms with Gasteiger partial charge < -0.3 is 16.4 Å². The molecule has 0 unspecified atom stereocenters. The molecule has 102 valence electrons. The number of likely N-dealkylation sites (N-methyl/N-ethyl adjacent to an activating group) is 1. The zero-order valence-corrected chi connectivity index (χ0v) is 12.1. The summed E-state index contributed by atoms with van der Waals surface area (Å²) in [6.07, 6.45) is 10.7. The quantitative estimate of drug-likeness (QED) is 0.538. The van der Waals surface area contributed by atoms with Crippen LogP contribution in [0.15, 0.2) is 47.3 Å². The van der Waals surface area contributed by atoms with E-state index in [1.165, 1.54) is 5.57 Å². The summed E-state index contributed by atoms with van der Waals surface area (Å²) >= 11 is 0. The molecule has 3 heteroatoms. The van der Waals surface area contributed by atoms with E-state index in [0.717, 1.165) is 25.2 Å². The highest BCUT2D eigenvalue weighted by Gasteiger charge is 1.94. The van der Waals surface area contributed by atoms with Gasteiger partial charge in [-0.25, -0.2) is 0 Å². The van der Waals surface area contributed by atoms with Gasteiger partial charge in [0.2, 0.25) is 0 Å². The fraction of sp³-hybridized carbons (Fsp3) is 0.467. The van der Waals surface area contributed by atoms with E-state index in [2.05, 4.69) is 31.9 Å². The van der Waals surface area contributed by atoms with Gasteiger partial charge in [0.15, 0.2) is 0 Å². The first-order valence-corrected chi connectivity index (χ1v) is 6.33. The summed E-state index contributed by atoms with van der Waals surface area (Å²) < 4.78 is 0. The van der Waals surface area contributed by atoms with Crippen LogP contribution in [0.1, 0.15) is 27.2 Å². The smallest absolute Gasteiger partial charge is 0.0331 e. The second kappa shape index (κ2) is 9.54. The molecule has 0 fully saturated rings. The van der Waals surface area contributed by atoms with Gasteiger partial charge in [0.25, 0.3) is 0 Å². The lowest BCUT2D eigenvalue weighted by atomic mass is 10.2. The van der Waals surface area contributed by atoms with Gasteiger partial charge in [-0.2, -0.15) is 0 Å². The summed E-state index contributed by atoms with van der Waals surface area (Å²) in [6, 6.07) is 0. The molecule has 0 aliphatic carbocycles. The summed E-state index contributed by atoms with van der Waals surface area (Å²) in [5.41, 5.74) is 14.3. The lowest BCUT2D eigenvalue weighted by Crippen LogP contribution is -2.19. The number of rotatable bonds is 7. The Kier molecular flexibility index (Phi) is 8.76. The predicted octanol–water partition coefficient (Wildman–Crippen LogP) is 2.54. The predicted molar refractivity (Wildman–Crippen MR) is 80.9 cm³/mol. The number of nitrogens with zero attached hydrogens (tertiary/aromatic N) is 1. The largest absolute Gasteiger partial charge is 0.399 e. The van der Waals surface area contributed by atoms with Gasteiger partial charge in [-0.15, -0.1) is 0 Å². The Balaban J connectivity index is 4.08. The lowest BCUT2D eigenvalue weighted by molar-refractivity contribution is 0.377. The summed E-state index contributed by atoms with van der Waals surface area (Å²) in [7, 11) is 2.10. The van der Waals surface area contributed by atoms with Gasteiger partial charge in [0.1, 0.15) is 0 Å². The molecule has 0 radical (unpaired) electrons. The second-order valence-corrected chi connectivity index (χ2v) is 4.68. The molecule has 18 heavy (non-hydrogen) atoms. The van der Waals surface area contributed by atoms with Crippen molar-refractivity contribution in [3.8, 4) is 0 Å². The molecule has 0 atom stereocenters. The molecule has 0 amide bonds. The third kappa shape index (κ3) is 9.73. The van der Waals surface area contributed by atoms with Crippen molar-refractivity contribution in [1.29, 1.82) is 0 Å². The molecular formula is C15H27N3. The minimum atomic E-state index is 0.684. The third-order valence-electron chi connectivity index (χ3n) is 2.39. The van der Waals surface area contributed by atoms with Crippen LogP contribution in [-0.4, -0.2) is 25.0 Å². The minimum absolute atomic E-state index is 0.684. The maximum absolute atomic E-state index is 5.85. The topological polar surface area (TPSA) is 55.3 Å².